The summed E-state index contributed by atoms with van der Waals surface area (Å²) in [4.78, 5) is 0. The highest BCUT2D eigenvalue weighted by atomic mass is 16.5. The van der Waals surface area contributed by atoms with Crippen LogP contribution in [0.2, 0.25) is 0 Å². The van der Waals surface area contributed by atoms with Gasteiger partial charge in [0.05, 0.1) is 0 Å². The van der Waals surface area contributed by atoms with Gasteiger partial charge in [-0.1, -0.05) is 0 Å². The van der Waals surface area contributed by atoms with Crippen molar-refractivity contribution in [2.24, 2.45) is 5.73 Å². The topological polar surface area (TPSA) is 86.7 Å². The molecular weight excluding hydrogens is 98.0 g/mol. The maximum atomic E-state index is 8.10. The van der Waals surface area contributed by atoms with Gasteiger partial charge in [0, 0.05) is 6.08 Å². The van der Waals surface area contributed by atoms with Crippen LogP contribution in [-0.4, -0.2) is 21.5 Å². The van der Waals surface area contributed by atoms with Gasteiger partial charge in [-0.25, -0.2) is 0 Å². The molecule has 4 nitrogen and oxygen atoms in total. The van der Waals surface area contributed by atoms with E-state index in [2.05, 4.69) is 5.73 Å². The van der Waals surface area contributed by atoms with Crippen LogP contribution in [0, 0.1) is 0 Å². The lowest BCUT2D eigenvalue weighted by Crippen LogP contribution is -2.15. The van der Waals surface area contributed by atoms with E-state index in [-0.39, 0.29) is 0 Å². The summed E-state index contributed by atoms with van der Waals surface area (Å²) in [6, 6.07) is 0. The van der Waals surface area contributed by atoms with Gasteiger partial charge < -0.3 is 21.1 Å². The van der Waals surface area contributed by atoms with E-state index in [0.29, 0.717) is 6.08 Å². The maximum absolute atomic E-state index is 8.10. The number of aliphatic hydroxyl groups is 3. The highest BCUT2D eigenvalue weighted by molar-refractivity contribution is 4.82. The van der Waals surface area contributed by atoms with Crippen LogP contribution in [0.25, 0.3) is 0 Å². The zero-order valence-corrected chi connectivity index (χ0v) is 3.57. The van der Waals surface area contributed by atoms with Gasteiger partial charge in [-0.15, -0.1) is 0 Å². The predicted octanol–water partition coefficient (Wildman–Crippen LogP) is -0.779. The van der Waals surface area contributed by atoms with E-state index >= 15 is 0 Å². The van der Waals surface area contributed by atoms with Crippen LogP contribution in [0.3, 0.4) is 0 Å². The third kappa shape index (κ3) is 5.26. The smallest absolute Gasteiger partial charge is 0.273 e. The van der Waals surface area contributed by atoms with Gasteiger partial charge in [0.15, 0.2) is 0 Å². The highest BCUT2D eigenvalue weighted by Crippen LogP contribution is 1.79. The summed E-state index contributed by atoms with van der Waals surface area (Å²) in [5, 5.41) is 23.9. The summed E-state index contributed by atoms with van der Waals surface area (Å²) in [5.41, 5.74) is 4.65. The average Bonchev–Trinajstić information content (AvgIpc) is 1.27. The van der Waals surface area contributed by atoms with Crippen molar-refractivity contribution in [2.75, 3.05) is 0 Å². The Morgan fingerprint density at radius 2 is 2.00 bits per heavy atom. The second kappa shape index (κ2) is 2.44. The number of rotatable bonds is 1. The van der Waals surface area contributed by atoms with Gasteiger partial charge in [-0.3, -0.25) is 0 Å². The summed E-state index contributed by atoms with van der Waals surface area (Å²) in [6.07, 6.45) is -0.593. The first kappa shape index (κ1) is 6.26. The molecule has 1 unspecified atom stereocenters. The molecule has 0 aliphatic rings. The van der Waals surface area contributed by atoms with Crippen LogP contribution >= 0.6 is 0 Å². The monoisotopic (exact) mass is 105 g/mol. The number of aliphatic hydroxyl groups excluding tert-OH is 2. The van der Waals surface area contributed by atoms with Crippen LogP contribution in [0.5, 0.6) is 0 Å². The van der Waals surface area contributed by atoms with E-state index in [1.807, 2.05) is 0 Å². The average molecular weight is 105 g/mol. The van der Waals surface area contributed by atoms with Gasteiger partial charge in [-0.05, 0) is 0 Å². The number of hydrogen-bond donors (Lipinski definition) is 4. The third-order valence-electron chi connectivity index (χ3n) is 0.320. The summed E-state index contributed by atoms with van der Waals surface area (Å²) < 4.78 is 0. The molecule has 0 aromatic heterocycles. The van der Waals surface area contributed by atoms with Crippen molar-refractivity contribution in [3.63, 3.8) is 0 Å². The molecule has 0 aliphatic heterocycles. The Bertz CT molecular complexity index is 74.2. The highest BCUT2D eigenvalue weighted by Gasteiger charge is 1.88. The molecule has 4 heteroatoms. The fourth-order valence-electron chi connectivity index (χ4n) is 0.153. The van der Waals surface area contributed by atoms with Crippen molar-refractivity contribution >= 4 is 0 Å². The first-order chi connectivity index (χ1) is 3.13. The van der Waals surface area contributed by atoms with Crippen LogP contribution < -0.4 is 5.73 Å². The quantitative estimate of drug-likeness (QED) is 0.260. The lowest BCUT2D eigenvalue weighted by atomic mass is 10.5. The maximum Gasteiger partial charge on any atom is 0.273 e. The van der Waals surface area contributed by atoms with Crippen LogP contribution in [0.4, 0.5) is 0 Å². The normalized spacial score (nSPS) is 12.9. The summed E-state index contributed by atoms with van der Waals surface area (Å²) in [7, 11) is 0. The Morgan fingerprint density at radius 1 is 1.57 bits per heavy atom. The standard InChI is InChI=1S/C3H7NO3/c4-2(5)1-3(6)7/h1-2,5-7H,4H2. The summed E-state index contributed by atoms with van der Waals surface area (Å²) in [5.74, 6) is -0.963. The van der Waals surface area contributed by atoms with Crippen LogP contribution in [-0.2, 0) is 0 Å². The van der Waals surface area contributed by atoms with Gasteiger partial charge >= 0.3 is 0 Å². The van der Waals surface area contributed by atoms with Crippen molar-refractivity contribution in [1.82, 2.24) is 0 Å². The molecule has 0 saturated carbocycles. The van der Waals surface area contributed by atoms with Crippen molar-refractivity contribution < 1.29 is 15.3 Å². The summed E-state index contributed by atoms with van der Waals surface area (Å²) in [6.45, 7) is 0. The Labute approximate surface area is 40.5 Å². The molecule has 0 fully saturated rings. The zero-order chi connectivity index (χ0) is 5.86. The Hall–Kier alpha value is -0.740. The zero-order valence-electron chi connectivity index (χ0n) is 3.57. The first-order valence-corrected chi connectivity index (χ1v) is 1.66. The minimum absolute atomic E-state index is 0.694. The molecule has 5 N–H and O–H groups in total. The van der Waals surface area contributed by atoms with Crippen LogP contribution in [0.1, 0.15) is 0 Å². The molecule has 0 aromatic carbocycles. The van der Waals surface area contributed by atoms with Gasteiger partial charge in [0.25, 0.3) is 5.95 Å². The van der Waals surface area contributed by atoms with Crippen molar-refractivity contribution in [3.8, 4) is 0 Å². The SMILES string of the molecule is NC(O)C=C(O)O. The Kier molecular flexibility index (Phi) is 2.18. The Balaban J connectivity index is 3.45. The molecule has 0 rings (SSSR count). The summed E-state index contributed by atoms with van der Waals surface area (Å²) >= 11 is 0. The van der Waals surface area contributed by atoms with Gasteiger partial charge in [-0.2, -0.15) is 0 Å². The molecule has 0 amide bonds. The van der Waals surface area contributed by atoms with E-state index in [0.717, 1.165) is 0 Å². The molecule has 0 saturated heterocycles. The molecular formula is C3H7NO3. The van der Waals surface area contributed by atoms with Gasteiger partial charge in [0.2, 0.25) is 0 Å². The molecule has 1 atom stereocenters. The fraction of sp³-hybridized carbons (Fsp3) is 0.333. The third-order valence-corrected chi connectivity index (χ3v) is 0.320. The van der Waals surface area contributed by atoms with Crippen molar-refractivity contribution in [2.45, 2.75) is 6.23 Å². The molecule has 7 heavy (non-hydrogen) atoms. The minimum Gasteiger partial charge on any atom is -0.481 e. The van der Waals surface area contributed by atoms with Crippen molar-refractivity contribution in [1.29, 1.82) is 0 Å². The lowest BCUT2D eigenvalue weighted by Gasteiger charge is -1.91. The van der Waals surface area contributed by atoms with E-state index < -0.39 is 12.2 Å². The van der Waals surface area contributed by atoms with E-state index in [1.54, 1.807) is 0 Å². The van der Waals surface area contributed by atoms with E-state index in [9.17, 15) is 0 Å². The van der Waals surface area contributed by atoms with Crippen LogP contribution in [0.15, 0.2) is 12.0 Å². The molecule has 42 valence electrons. The largest absolute Gasteiger partial charge is 0.481 e. The molecule has 0 bridgehead atoms. The predicted molar refractivity (Wildman–Crippen MR) is 23.5 cm³/mol. The number of nitrogens with two attached hydrogens (primary N) is 1. The van der Waals surface area contributed by atoms with Gasteiger partial charge in [0.1, 0.15) is 6.23 Å². The minimum atomic E-state index is -1.29. The van der Waals surface area contributed by atoms with E-state index in [1.165, 1.54) is 0 Å². The second-order valence-corrected chi connectivity index (χ2v) is 1.02. The molecule has 0 aliphatic carbocycles. The molecule has 0 radical (unpaired) electrons. The van der Waals surface area contributed by atoms with Crippen molar-refractivity contribution in [3.05, 3.63) is 12.0 Å². The fourth-order valence-corrected chi connectivity index (χ4v) is 0.153. The molecule has 0 spiro atoms. The molecule has 0 heterocycles. The second-order valence-electron chi connectivity index (χ2n) is 1.02. The first-order valence-electron chi connectivity index (χ1n) is 1.66. The lowest BCUT2D eigenvalue weighted by molar-refractivity contribution is 0.166. The number of hydrogen-bond acceptors (Lipinski definition) is 4. The van der Waals surface area contributed by atoms with E-state index in [4.69, 9.17) is 15.3 Å². The Morgan fingerprint density at radius 3 is 2.00 bits per heavy atom. The molecule has 0 aromatic rings.